The van der Waals surface area contributed by atoms with Gasteiger partial charge in [0.15, 0.2) is 6.29 Å². The number of carboxylic acid groups (broad SMARTS) is 1. The number of carbonyl (C=O) groups is 2. The molecule has 1 heterocycles. The van der Waals surface area contributed by atoms with Crippen LogP contribution in [0.1, 0.15) is 71.6 Å². The molecule has 0 amide bonds. The normalized spacial score (nSPS) is 54.3. The average Bonchev–Trinajstić information content (AvgIpc) is 3.08. The quantitative estimate of drug-likeness (QED) is 0.514. The molecule has 0 aromatic carbocycles. The molecule has 4 saturated carbocycles. The molecule has 8 nitrogen and oxygen atoms in total. The summed E-state index contributed by atoms with van der Waals surface area (Å²) in [6, 6.07) is 0. The molecule has 33 heavy (non-hydrogen) atoms. The fourth-order valence-electron chi connectivity index (χ4n) is 8.46. The number of ketones is 1. The highest BCUT2D eigenvalue weighted by Crippen LogP contribution is 2.65. The van der Waals surface area contributed by atoms with Gasteiger partial charge in [-0.25, -0.2) is 0 Å². The lowest BCUT2D eigenvalue weighted by atomic mass is 9.45. The van der Waals surface area contributed by atoms with Gasteiger partial charge in [0.2, 0.25) is 0 Å². The fourth-order valence-corrected chi connectivity index (χ4v) is 8.46. The van der Waals surface area contributed by atoms with Crippen molar-refractivity contribution in [3.8, 4) is 0 Å². The number of carboxylic acids is 1. The first kappa shape index (κ1) is 23.7. The largest absolute Gasteiger partial charge is 0.547 e. The van der Waals surface area contributed by atoms with Crippen molar-refractivity contribution in [2.45, 2.75) is 108 Å². The summed E-state index contributed by atoms with van der Waals surface area (Å²) in [7, 11) is 0. The number of aliphatic carboxylic acids is 1. The average molecular weight is 466 g/mol. The molecule has 1 aliphatic heterocycles. The molecule has 3 N–H and O–H groups in total. The van der Waals surface area contributed by atoms with Gasteiger partial charge in [-0.15, -0.1) is 0 Å². The summed E-state index contributed by atoms with van der Waals surface area (Å²) in [6.07, 6.45) is 0.333. The molecule has 0 aromatic heterocycles. The molecule has 5 aliphatic rings. The van der Waals surface area contributed by atoms with E-state index < -0.39 is 36.7 Å². The highest BCUT2D eigenvalue weighted by atomic mass is 16.7. The molecule has 0 bridgehead atoms. The van der Waals surface area contributed by atoms with Crippen LogP contribution in [-0.2, 0) is 19.1 Å². The number of carbonyl (C=O) groups excluding carboxylic acids is 2. The lowest BCUT2D eigenvalue weighted by Crippen LogP contribution is -2.63. The Kier molecular flexibility index (Phi) is 5.93. The molecule has 1 saturated heterocycles. The van der Waals surface area contributed by atoms with Gasteiger partial charge in [-0.05, 0) is 80.5 Å². The van der Waals surface area contributed by atoms with Gasteiger partial charge >= 0.3 is 0 Å². The van der Waals surface area contributed by atoms with Crippen molar-refractivity contribution in [3.63, 3.8) is 0 Å². The zero-order valence-corrected chi connectivity index (χ0v) is 19.5. The first-order valence-corrected chi connectivity index (χ1v) is 12.7. The molecule has 186 valence electrons. The maximum absolute atomic E-state index is 12.6. The van der Waals surface area contributed by atoms with Crippen LogP contribution in [-0.4, -0.2) is 63.9 Å². The van der Waals surface area contributed by atoms with Crippen molar-refractivity contribution in [1.29, 1.82) is 0 Å². The van der Waals surface area contributed by atoms with Gasteiger partial charge in [0.05, 0.1) is 12.1 Å². The monoisotopic (exact) mass is 465 g/mol. The van der Waals surface area contributed by atoms with Gasteiger partial charge < -0.3 is 34.7 Å². The van der Waals surface area contributed by atoms with E-state index in [1.807, 2.05) is 0 Å². The van der Waals surface area contributed by atoms with Gasteiger partial charge in [0, 0.05) is 11.8 Å². The number of ether oxygens (including phenoxy) is 2. The molecule has 8 heteroatoms. The van der Waals surface area contributed by atoms with E-state index in [0.29, 0.717) is 29.5 Å². The van der Waals surface area contributed by atoms with E-state index in [4.69, 9.17) is 9.47 Å². The van der Waals surface area contributed by atoms with Crippen molar-refractivity contribution in [2.75, 3.05) is 0 Å². The first-order valence-electron chi connectivity index (χ1n) is 12.7. The fraction of sp³-hybridized carbons (Fsp3) is 0.920. The zero-order valence-electron chi connectivity index (χ0n) is 19.5. The maximum atomic E-state index is 12.6. The molecule has 5 rings (SSSR count). The Morgan fingerprint density at radius 1 is 1.00 bits per heavy atom. The SMILES string of the molecule is C[C@]12CC[C@@H](O[C@@H]3O[C@H](C(=O)[O-])[C@@H](O)[C@H](O)[C@H]3O)C[C@H]1CC[C@@H]1[C@@H]2CC[C@]2(C)C(=O)CC[C@@H]12. The van der Waals surface area contributed by atoms with Crippen molar-refractivity contribution >= 4 is 11.8 Å². The molecule has 12 atom stereocenters. The van der Waals surface area contributed by atoms with Gasteiger partial charge in [0.25, 0.3) is 0 Å². The van der Waals surface area contributed by atoms with E-state index in [2.05, 4.69) is 13.8 Å². The predicted octanol–water partition coefficient (Wildman–Crippen LogP) is 0.541. The Hall–Kier alpha value is -1.06. The lowest BCUT2D eigenvalue weighted by molar-refractivity contribution is -0.354. The Balaban J connectivity index is 1.26. The number of aliphatic hydroxyl groups is 3. The number of hydrogen-bond acceptors (Lipinski definition) is 8. The molecular formula is C25H37O8-. The van der Waals surface area contributed by atoms with Crippen molar-refractivity contribution in [1.82, 2.24) is 0 Å². The molecule has 0 aromatic rings. The third-order valence-electron chi connectivity index (χ3n) is 10.5. The smallest absolute Gasteiger partial charge is 0.187 e. The third-order valence-corrected chi connectivity index (χ3v) is 10.5. The summed E-state index contributed by atoms with van der Waals surface area (Å²) in [5.74, 6) is 0.993. The Bertz CT molecular complexity index is 801. The molecular weight excluding hydrogens is 428 g/mol. The van der Waals surface area contributed by atoms with Crippen molar-refractivity contribution < 1.29 is 39.5 Å². The van der Waals surface area contributed by atoms with Crippen LogP contribution in [0.4, 0.5) is 0 Å². The predicted molar refractivity (Wildman–Crippen MR) is 113 cm³/mol. The maximum Gasteiger partial charge on any atom is 0.187 e. The number of Topliss-reactive ketones (excluding diaryl/α,β-unsaturated/α-hetero) is 1. The van der Waals surface area contributed by atoms with Crippen LogP contribution in [0, 0.1) is 34.5 Å². The third kappa shape index (κ3) is 3.59. The Morgan fingerprint density at radius 2 is 1.76 bits per heavy atom. The number of aliphatic hydroxyl groups excluding tert-OH is 3. The van der Waals surface area contributed by atoms with Gasteiger partial charge in [0.1, 0.15) is 30.2 Å². The molecule has 4 aliphatic carbocycles. The summed E-state index contributed by atoms with van der Waals surface area (Å²) in [5.41, 5.74) is 0.0606. The minimum Gasteiger partial charge on any atom is -0.547 e. The van der Waals surface area contributed by atoms with Crippen LogP contribution < -0.4 is 5.11 Å². The number of hydrogen-bond donors (Lipinski definition) is 3. The lowest BCUT2D eigenvalue weighted by Gasteiger charge is -2.60. The second kappa shape index (κ2) is 8.26. The minimum absolute atomic E-state index is 0.125. The second-order valence-electron chi connectivity index (χ2n) is 11.8. The summed E-state index contributed by atoms with van der Waals surface area (Å²) < 4.78 is 11.3. The van der Waals surface area contributed by atoms with Crippen LogP contribution in [0.15, 0.2) is 0 Å². The first-order chi connectivity index (χ1) is 15.6. The van der Waals surface area contributed by atoms with Gasteiger partial charge in [-0.1, -0.05) is 13.8 Å². The Morgan fingerprint density at radius 3 is 2.48 bits per heavy atom. The van der Waals surface area contributed by atoms with Gasteiger partial charge in [-0.3, -0.25) is 4.79 Å². The highest BCUT2D eigenvalue weighted by Gasteiger charge is 2.60. The molecule has 0 unspecified atom stereocenters. The molecule has 0 spiro atoms. The van der Waals surface area contributed by atoms with E-state index >= 15 is 0 Å². The molecule has 0 radical (unpaired) electrons. The zero-order chi connectivity index (χ0) is 23.7. The highest BCUT2D eigenvalue weighted by molar-refractivity contribution is 5.87. The van der Waals surface area contributed by atoms with Gasteiger partial charge in [-0.2, -0.15) is 0 Å². The summed E-state index contributed by atoms with van der Waals surface area (Å²) in [5, 5.41) is 41.5. The number of rotatable bonds is 3. The molecule has 5 fully saturated rings. The van der Waals surface area contributed by atoms with E-state index in [1.165, 1.54) is 0 Å². The summed E-state index contributed by atoms with van der Waals surface area (Å²) in [4.78, 5) is 23.9. The second-order valence-corrected chi connectivity index (χ2v) is 11.8. The number of fused-ring (bicyclic) bond motifs is 5. The van der Waals surface area contributed by atoms with Crippen LogP contribution >= 0.6 is 0 Å². The summed E-state index contributed by atoms with van der Waals surface area (Å²) >= 11 is 0. The summed E-state index contributed by atoms with van der Waals surface area (Å²) in [6.45, 7) is 4.60. The van der Waals surface area contributed by atoms with Crippen molar-refractivity contribution in [2.24, 2.45) is 34.5 Å². The van der Waals surface area contributed by atoms with E-state index in [1.54, 1.807) is 0 Å². The van der Waals surface area contributed by atoms with Crippen LogP contribution in [0.2, 0.25) is 0 Å². The Labute approximate surface area is 194 Å². The van der Waals surface area contributed by atoms with Crippen LogP contribution in [0.3, 0.4) is 0 Å². The van der Waals surface area contributed by atoms with E-state index in [0.717, 1.165) is 57.8 Å². The van der Waals surface area contributed by atoms with E-state index in [-0.39, 0.29) is 16.9 Å². The standard InChI is InChI=1S/C25H38O8/c1-24-9-7-13(32-23-20(29)18(27)19(28)21(33-23)22(30)31)11-12(24)3-4-14-15-5-6-17(26)25(15,2)10-8-16(14)24/h12-16,18-21,23,27-29H,3-11H2,1-2H3,(H,30,31)/p-1/t12-,13-,14+,15+,16+,18+,19+,20-,21+,23-,24+,25+/m1/s1. The topological polar surface area (TPSA) is 136 Å². The van der Waals surface area contributed by atoms with Crippen LogP contribution in [0.5, 0.6) is 0 Å². The minimum atomic E-state index is -1.77. The van der Waals surface area contributed by atoms with E-state index in [9.17, 15) is 30.0 Å². The van der Waals surface area contributed by atoms with Crippen LogP contribution in [0.25, 0.3) is 0 Å². The van der Waals surface area contributed by atoms with Crippen molar-refractivity contribution in [3.05, 3.63) is 0 Å².